The number of ether oxygens (including phenoxy) is 2. The molecule has 12 nitrogen and oxygen atoms in total. The third-order valence-electron chi connectivity index (χ3n) is 9.57. The van der Waals surface area contributed by atoms with Crippen LogP contribution in [0, 0.1) is 0 Å². The first-order valence-electron chi connectivity index (χ1n) is 17.9. The van der Waals surface area contributed by atoms with Gasteiger partial charge >= 0.3 is 0 Å². The van der Waals surface area contributed by atoms with Crippen molar-refractivity contribution in [2.75, 3.05) is 51.8 Å². The highest BCUT2D eigenvalue weighted by molar-refractivity contribution is 5.97. The van der Waals surface area contributed by atoms with E-state index in [2.05, 4.69) is 62.5 Å². The Morgan fingerprint density at radius 3 is 2.52 bits per heavy atom. The molecule has 4 N–H and O–H groups in total. The highest BCUT2D eigenvalue weighted by atomic mass is 16.5. The minimum absolute atomic E-state index is 0.254. The number of piperazine rings is 1. The molecule has 0 spiro atoms. The number of aryl methyl sites for hydroxylation is 2. The van der Waals surface area contributed by atoms with E-state index in [-0.39, 0.29) is 30.8 Å². The first-order chi connectivity index (χ1) is 24.4. The number of carbonyl (C=O) groups is 2. The number of carbonyl (C=O) groups excluding carboxylic acids is 2. The van der Waals surface area contributed by atoms with Crippen molar-refractivity contribution >= 4 is 28.5 Å². The Bertz CT molecular complexity index is 1780. The Balaban J connectivity index is 1.09. The normalized spacial score (nSPS) is 15.6. The maximum absolute atomic E-state index is 13.1. The second kappa shape index (κ2) is 16.9. The molecule has 4 aromatic rings. The molecule has 2 aliphatic rings. The Kier molecular flexibility index (Phi) is 12.0. The quantitative estimate of drug-likeness (QED) is 0.146. The summed E-state index contributed by atoms with van der Waals surface area (Å²) in [6, 6.07) is 14.7. The third-order valence-corrected chi connectivity index (χ3v) is 9.57. The zero-order valence-electron chi connectivity index (χ0n) is 29.5. The van der Waals surface area contributed by atoms with Crippen LogP contribution in [0.2, 0.25) is 0 Å². The van der Waals surface area contributed by atoms with Gasteiger partial charge in [0.1, 0.15) is 12.2 Å². The summed E-state index contributed by atoms with van der Waals surface area (Å²) in [5.74, 6) is 0.0835. The molecule has 0 unspecified atom stereocenters. The minimum atomic E-state index is -0.345. The number of hydrogen-bond donors (Lipinski definition) is 4. The third kappa shape index (κ3) is 8.61. The van der Waals surface area contributed by atoms with Crippen LogP contribution < -0.4 is 26.0 Å². The lowest BCUT2D eigenvalue weighted by atomic mass is 9.99. The van der Waals surface area contributed by atoms with Gasteiger partial charge in [-0.3, -0.25) is 14.5 Å². The Morgan fingerprint density at radius 1 is 1.00 bits per heavy atom. The van der Waals surface area contributed by atoms with Crippen LogP contribution in [0.1, 0.15) is 55.5 Å². The monoisotopic (exact) mass is 682 g/mol. The summed E-state index contributed by atoms with van der Waals surface area (Å²) in [6.45, 7) is 11.8. The van der Waals surface area contributed by atoms with Crippen molar-refractivity contribution in [1.29, 1.82) is 0 Å². The summed E-state index contributed by atoms with van der Waals surface area (Å²) in [7, 11) is 1.67. The summed E-state index contributed by atoms with van der Waals surface area (Å²) >= 11 is 0. The molecule has 2 amide bonds. The van der Waals surface area contributed by atoms with Crippen LogP contribution in [0.4, 0.5) is 5.69 Å². The first-order valence-corrected chi connectivity index (χ1v) is 17.9. The molecule has 2 fully saturated rings. The van der Waals surface area contributed by atoms with Gasteiger partial charge in [0.15, 0.2) is 5.65 Å². The molecular formula is C38H50N8O4. The van der Waals surface area contributed by atoms with E-state index in [1.807, 2.05) is 36.0 Å². The predicted octanol–water partition coefficient (Wildman–Crippen LogP) is 4.01. The molecule has 0 atom stereocenters. The molecule has 50 heavy (non-hydrogen) atoms. The van der Waals surface area contributed by atoms with Crippen molar-refractivity contribution in [2.45, 2.75) is 71.8 Å². The Hall–Kier alpha value is -4.52. The molecule has 2 aromatic carbocycles. The average Bonchev–Trinajstić information content (AvgIpc) is 3.57. The smallest absolute Gasteiger partial charge is 0.229 e. The summed E-state index contributed by atoms with van der Waals surface area (Å²) in [5, 5.41) is 18.6. The number of methoxy groups -OCH3 is 1. The van der Waals surface area contributed by atoms with Crippen molar-refractivity contribution in [3.63, 3.8) is 0 Å². The molecular weight excluding hydrogens is 632 g/mol. The number of nitrogens with one attached hydrogen (secondary N) is 4. The minimum Gasteiger partial charge on any atom is -0.496 e. The van der Waals surface area contributed by atoms with Gasteiger partial charge in [0.25, 0.3) is 0 Å². The van der Waals surface area contributed by atoms with E-state index < -0.39 is 0 Å². The lowest BCUT2D eigenvalue weighted by Gasteiger charge is -2.27. The van der Waals surface area contributed by atoms with E-state index in [0.29, 0.717) is 32.7 Å². The molecule has 4 heterocycles. The SMILES string of the molecule is CCc1nc2c(cnn2CC)c(NC2CCOCC2)c1CNC(=O)CC(=O)NCc1ccc(OC)c(-c2cccc(CN3CCNCC3)c2)c1. The number of amides is 2. The number of pyridine rings is 1. The van der Waals surface area contributed by atoms with Crippen LogP contribution in [0.3, 0.4) is 0 Å². The van der Waals surface area contributed by atoms with Crippen LogP contribution in [0.25, 0.3) is 22.2 Å². The van der Waals surface area contributed by atoms with Crippen molar-refractivity contribution in [3.05, 3.63) is 71.0 Å². The van der Waals surface area contributed by atoms with Crippen molar-refractivity contribution in [1.82, 2.24) is 35.6 Å². The van der Waals surface area contributed by atoms with E-state index in [4.69, 9.17) is 14.5 Å². The zero-order chi connectivity index (χ0) is 34.9. The van der Waals surface area contributed by atoms with Gasteiger partial charge in [-0.15, -0.1) is 0 Å². The van der Waals surface area contributed by atoms with Gasteiger partial charge in [0.05, 0.1) is 24.4 Å². The number of benzene rings is 2. The first kappa shape index (κ1) is 35.3. The molecule has 0 saturated carbocycles. The molecule has 12 heteroatoms. The number of anilines is 1. The van der Waals surface area contributed by atoms with Crippen LogP contribution in [0.5, 0.6) is 5.75 Å². The van der Waals surface area contributed by atoms with Crippen molar-refractivity contribution in [2.24, 2.45) is 0 Å². The topological polar surface area (TPSA) is 135 Å². The summed E-state index contributed by atoms with van der Waals surface area (Å²) in [5.41, 5.74) is 7.81. The van der Waals surface area contributed by atoms with Crippen molar-refractivity contribution < 1.29 is 19.1 Å². The number of hydrogen-bond acceptors (Lipinski definition) is 9. The van der Waals surface area contributed by atoms with Gasteiger partial charge in [-0.05, 0) is 61.1 Å². The van der Waals surface area contributed by atoms with Gasteiger partial charge in [-0.2, -0.15) is 5.10 Å². The highest BCUT2D eigenvalue weighted by Crippen LogP contribution is 2.33. The summed E-state index contributed by atoms with van der Waals surface area (Å²) in [4.78, 5) is 33.4. The lowest BCUT2D eigenvalue weighted by molar-refractivity contribution is -0.129. The molecule has 0 aliphatic carbocycles. The molecule has 6 rings (SSSR count). The molecule has 2 aliphatic heterocycles. The molecule has 2 saturated heterocycles. The number of fused-ring (bicyclic) bond motifs is 1. The van der Waals surface area contributed by atoms with Crippen LogP contribution in [-0.4, -0.2) is 84.0 Å². The largest absolute Gasteiger partial charge is 0.496 e. The van der Waals surface area contributed by atoms with E-state index in [1.165, 1.54) is 5.56 Å². The van der Waals surface area contributed by atoms with Gasteiger partial charge in [-0.25, -0.2) is 9.67 Å². The number of rotatable bonds is 14. The summed E-state index contributed by atoms with van der Waals surface area (Å²) < 4.78 is 13.2. The second-order valence-electron chi connectivity index (χ2n) is 13.0. The molecule has 2 aromatic heterocycles. The van der Waals surface area contributed by atoms with E-state index in [0.717, 1.165) is 96.0 Å². The Labute approximate surface area is 294 Å². The number of nitrogens with zero attached hydrogens (tertiary/aromatic N) is 4. The fourth-order valence-corrected chi connectivity index (χ4v) is 6.81. The van der Waals surface area contributed by atoms with Gasteiger partial charge in [0.2, 0.25) is 11.8 Å². The standard InChI is InChI=1S/C38H50N8O4/c1-4-33-31(37(43-29-11-17-50-18-12-29)32-24-42-46(5-2)38(32)44-33)23-41-36(48)21-35(47)40-22-26-9-10-34(49-3)30(20-26)28-8-6-7-27(19-28)25-45-15-13-39-14-16-45/h6-10,19-20,24,29,39H,4-5,11-18,21-23,25H2,1-3H3,(H,40,47)(H,41,48)(H,43,44). The van der Waals surface area contributed by atoms with Crippen molar-refractivity contribution in [3.8, 4) is 16.9 Å². The molecule has 266 valence electrons. The number of aromatic nitrogens is 3. The van der Waals surface area contributed by atoms with Gasteiger partial charge < -0.3 is 30.7 Å². The van der Waals surface area contributed by atoms with E-state index in [1.54, 1.807) is 7.11 Å². The Morgan fingerprint density at radius 2 is 1.78 bits per heavy atom. The fourth-order valence-electron chi connectivity index (χ4n) is 6.81. The van der Waals surface area contributed by atoms with E-state index >= 15 is 0 Å². The lowest BCUT2D eigenvalue weighted by Crippen LogP contribution is -2.42. The second-order valence-corrected chi connectivity index (χ2v) is 13.0. The fraction of sp³-hybridized carbons (Fsp3) is 0.474. The highest BCUT2D eigenvalue weighted by Gasteiger charge is 2.22. The zero-order valence-corrected chi connectivity index (χ0v) is 29.5. The molecule has 0 bridgehead atoms. The maximum atomic E-state index is 13.1. The maximum Gasteiger partial charge on any atom is 0.229 e. The van der Waals surface area contributed by atoms with Gasteiger partial charge in [-0.1, -0.05) is 31.2 Å². The molecule has 0 radical (unpaired) electrons. The summed E-state index contributed by atoms with van der Waals surface area (Å²) in [6.07, 6.45) is 4.07. The van der Waals surface area contributed by atoms with Crippen LogP contribution in [0.15, 0.2) is 48.7 Å². The average molecular weight is 683 g/mol. The van der Waals surface area contributed by atoms with Gasteiger partial charge in [0, 0.05) is 88.4 Å². The van der Waals surface area contributed by atoms with Crippen LogP contribution >= 0.6 is 0 Å². The van der Waals surface area contributed by atoms with Crippen LogP contribution in [-0.2, 0) is 46.9 Å². The predicted molar refractivity (Wildman–Crippen MR) is 195 cm³/mol. The van der Waals surface area contributed by atoms with E-state index in [9.17, 15) is 9.59 Å².